The molecule has 1 aromatic rings. The van der Waals surface area contributed by atoms with E-state index in [0.717, 1.165) is 0 Å². The van der Waals surface area contributed by atoms with E-state index in [1.54, 1.807) is 12.1 Å². The first kappa shape index (κ1) is 13.8. The minimum atomic E-state index is -0.514. The van der Waals surface area contributed by atoms with Gasteiger partial charge < -0.3 is 20.5 Å². The minimum absolute atomic E-state index is 0.119. The molecule has 0 fully saturated rings. The monoisotopic (exact) mass is 252 g/mol. The summed E-state index contributed by atoms with van der Waals surface area (Å²) >= 11 is 0. The highest BCUT2D eigenvalue weighted by molar-refractivity contribution is 5.95. The highest BCUT2D eigenvalue weighted by Gasteiger charge is 2.11. The summed E-state index contributed by atoms with van der Waals surface area (Å²) in [7, 11) is 1.28. The Morgan fingerprint density at radius 2 is 2.11 bits per heavy atom. The Balaban J connectivity index is 2.62. The van der Waals surface area contributed by atoms with Crippen molar-refractivity contribution < 1.29 is 19.1 Å². The number of esters is 1. The predicted molar refractivity (Wildman–Crippen MR) is 66.4 cm³/mol. The second kappa shape index (κ2) is 6.48. The largest absolute Gasteiger partial charge is 0.492 e. The Bertz CT molecular complexity index is 446. The van der Waals surface area contributed by atoms with Crippen molar-refractivity contribution in [2.45, 2.75) is 6.92 Å². The van der Waals surface area contributed by atoms with Crippen molar-refractivity contribution in [3.05, 3.63) is 23.8 Å². The molecule has 98 valence electrons. The first-order chi connectivity index (χ1) is 8.54. The van der Waals surface area contributed by atoms with E-state index in [4.69, 9.17) is 10.5 Å². The zero-order valence-corrected chi connectivity index (χ0v) is 10.4. The maximum absolute atomic E-state index is 11.4. The molecule has 3 N–H and O–H groups in total. The lowest BCUT2D eigenvalue weighted by Crippen LogP contribution is -2.25. The average Bonchev–Trinajstić information content (AvgIpc) is 2.35. The zero-order valence-electron chi connectivity index (χ0n) is 10.4. The van der Waals surface area contributed by atoms with Gasteiger partial charge in [-0.05, 0) is 18.2 Å². The van der Waals surface area contributed by atoms with E-state index >= 15 is 0 Å². The van der Waals surface area contributed by atoms with Gasteiger partial charge in [0.2, 0.25) is 5.91 Å². The van der Waals surface area contributed by atoms with Crippen molar-refractivity contribution in [3.63, 3.8) is 0 Å². The Morgan fingerprint density at radius 3 is 2.72 bits per heavy atom. The molecule has 0 spiro atoms. The fourth-order valence-corrected chi connectivity index (χ4v) is 1.31. The van der Waals surface area contributed by atoms with Crippen LogP contribution in [-0.2, 0) is 9.53 Å². The summed E-state index contributed by atoms with van der Waals surface area (Å²) in [5.74, 6) is -0.138. The molecule has 0 unspecified atom stereocenters. The molecule has 0 aliphatic heterocycles. The van der Waals surface area contributed by atoms with Gasteiger partial charge in [0, 0.05) is 12.6 Å². The summed E-state index contributed by atoms with van der Waals surface area (Å²) in [6.45, 7) is 2.13. The molecule has 6 nitrogen and oxygen atoms in total. The van der Waals surface area contributed by atoms with Gasteiger partial charge in [0.1, 0.15) is 12.4 Å². The number of carbonyl (C=O) groups excluding carboxylic acids is 2. The van der Waals surface area contributed by atoms with E-state index < -0.39 is 5.97 Å². The van der Waals surface area contributed by atoms with Crippen molar-refractivity contribution in [2.75, 3.05) is 26.0 Å². The van der Waals surface area contributed by atoms with E-state index in [0.29, 0.717) is 24.6 Å². The van der Waals surface area contributed by atoms with Crippen LogP contribution in [0.2, 0.25) is 0 Å². The maximum Gasteiger partial charge on any atom is 0.340 e. The van der Waals surface area contributed by atoms with Crippen LogP contribution >= 0.6 is 0 Å². The third-order valence-corrected chi connectivity index (χ3v) is 2.17. The summed E-state index contributed by atoms with van der Waals surface area (Å²) < 4.78 is 9.97. The minimum Gasteiger partial charge on any atom is -0.492 e. The van der Waals surface area contributed by atoms with Crippen LogP contribution in [0.5, 0.6) is 5.75 Å². The molecule has 0 aromatic heterocycles. The smallest absolute Gasteiger partial charge is 0.340 e. The molecule has 0 atom stereocenters. The van der Waals surface area contributed by atoms with Crippen molar-refractivity contribution in [1.29, 1.82) is 0 Å². The first-order valence-electron chi connectivity index (χ1n) is 5.39. The average molecular weight is 252 g/mol. The lowest BCUT2D eigenvalue weighted by atomic mass is 10.2. The number of benzene rings is 1. The number of nitrogens with one attached hydrogen (secondary N) is 1. The Hall–Kier alpha value is -2.24. The number of amides is 1. The lowest BCUT2D eigenvalue weighted by Gasteiger charge is -2.09. The molecule has 1 aromatic carbocycles. The lowest BCUT2D eigenvalue weighted by molar-refractivity contribution is -0.119. The first-order valence-corrected chi connectivity index (χ1v) is 5.39. The summed E-state index contributed by atoms with van der Waals surface area (Å²) in [5, 5.41) is 2.60. The molecule has 0 aliphatic carbocycles. The molecule has 18 heavy (non-hydrogen) atoms. The van der Waals surface area contributed by atoms with Gasteiger partial charge in [0.15, 0.2) is 0 Å². The molecule has 0 heterocycles. The second-order valence-corrected chi connectivity index (χ2v) is 3.57. The highest BCUT2D eigenvalue weighted by Crippen LogP contribution is 2.20. The van der Waals surface area contributed by atoms with E-state index in [-0.39, 0.29) is 11.5 Å². The van der Waals surface area contributed by atoms with Crippen LogP contribution in [0, 0.1) is 0 Å². The third kappa shape index (κ3) is 3.97. The third-order valence-electron chi connectivity index (χ3n) is 2.17. The molecule has 6 heteroatoms. The number of anilines is 1. The molecule has 1 rings (SSSR count). The van der Waals surface area contributed by atoms with Crippen LogP contribution in [0.1, 0.15) is 17.3 Å². The van der Waals surface area contributed by atoms with Crippen LogP contribution < -0.4 is 15.8 Å². The van der Waals surface area contributed by atoms with Gasteiger partial charge in [-0.1, -0.05) is 0 Å². The van der Waals surface area contributed by atoms with Gasteiger partial charge in [-0.25, -0.2) is 4.79 Å². The molecular formula is C12H16N2O4. The summed E-state index contributed by atoms with van der Waals surface area (Å²) in [5.41, 5.74) is 6.24. The normalized spacial score (nSPS) is 9.67. The van der Waals surface area contributed by atoms with Gasteiger partial charge in [-0.15, -0.1) is 0 Å². The van der Waals surface area contributed by atoms with Gasteiger partial charge in [-0.2, -0.15) is 0 Å². The van der Waals surface area contributed by atoms with Crippen LogP contribution in [0.15, 0.2) is 18.2 Å². The quantitative estimate of drug-likeness (QED) is 0.454. The topological polar surface area (TPSA) is 90.6 Å². The number of rotatable bonds is 5. The van der Waals surface area contributed by atoms with Crippen molar-refractivity contribution in [1.82, 2.24) is 5.32 Å². The molecular weight excluding hydrogens is 236 g/mol. The number of nitrogen functional groups attached to an aromatic ring is 1. The van der Waals surface area contributed by atoms with Crippen LogP contribution in [0.3, 0.4) is 0 Å². The molecule has 1 amide bonds. The Morgan fingerprint density at radius 1 is 1.39 bits per heavy atom. The van der Waals surface area contributed by atoms with Gasteiger partial charge >= 0.3 is 5.97 Å². The SMILES string of the molecule is COC(=O)c1cc(OCCNC(C)=O)ccc1N. The van der Waals surface area contributed by atoms with Gasteiger partial charge in [0.05, 0.1) is 19.2 Å². The number of methoxy groups -OCH3 is 1. The Kier molecular flexibility index (Phi) is 4.98. The Labute approximate surface area is 105 Å². The molecule has 0 saturated heterocycles. The molecule has 0 saturated carbocycles. The number of carbonyl (C=O) groups is 2. The summed E-state index contributed by atoms with van der Waals surface area (Å²) in [4.78, 5) is 22.0. The van der Waals surface area contributed by atoms with E-state index in [1.807, 2.05) is 0 Å². The number of nitrogens with two attached hydrogens (primary N) is 1. The number of ether oxygens (including phenoxy) is 2. The van der Waals surface area contributed by atoms with E-state index in [2.05, 4.69) is 10.1 Å². The van der Waals surface area contributed by atoms with Crippen LogP contribution in [0.4, 0.5) is 5.69 Å². The van der Waals surface area contributed by atoms with Crippen molar-refractivity contribution in [3.8, 4) is 5.75 Å². The van der Waals surface area contributed by atoms with E-state index in [1.165, 1.54) is 20.1 Å². The van der Waals surface area contributed by atoms with Gasteiger partial charge in [-0.3, -0.25) is 4.79 Å². The van der Waals surface area contributed by atoms with Crippen molar-refractivity contribution >= 4 is 17.6 Å². The fraction of sp³-hybridized carbons (Fsp3) is 0.333. The standard InChI is InChI=1S/C12H16N2O4/c1-8(15)14-5-6-18-9-3-4-11(13)10(7-9)12(16)17-2/h3-4,7H,5-6,13H2,1-2H3,(H,14,15). The number of hydrogen-bond donors (Lipinski definition) is 2. The molecule has 0 bridgehead atoms. The predicted octanol–water partition coefficient (Wildman–Crippen LogP) is 0.570. The van der Waals surface area contributed by atoms with Crippen LogP contribution in [0.25, 0.3) is 0 Å². The summed E-state index contributed by atoms with van der Waals surface area (Å²) in [6.07, 6.45) is 0. The summed E-state index contributed by atoms with van der Waals surface area (Å²) in [6, 6.07) is 4.73. The zero-order chi connectivity index (χ0) is 13.5. The van der Waals surface area contributed by atoms with E-state index in [9.17, 15) is 9.59 Å². The molecule has 0 radical (unpaired) electrons. The highest BCUT2D eigenvalue weighted by atomic mass is 16.5. The van der Waals surface area contributed by atoms with Crippen molar-refractivity contribution in [2.24, 2.45) is 0 Å². The number of hydrogen-bond acceptors (Lipinski definition) is 5. The van der Waals surface area contributed by atoms with Crippen LogP contribution in [-0.4, -0.2) is 32.1 Å². The second-order valence-electron chi connectivity index (χ2n) is 3.57. The fourth-order valence-electron chi connectivity index (χ4n) is 1.31. The maximum atomic E-state index is 11.4. The molecule has 0 aliphatic rings. The van der Waals surface area contributed by atoms with Gasteiger partial charge in [0.25, 0.3) is 0 Å².